The molecule has 1 rings (SSSR count). The molecule has 1 aliphatic heterocycles. The van der Waals surface area contributed by atoms with Crippen LogP contribution in [0.15, 0.2) is 0 Å². The maximum absolute atomic E-state index is 11.8. The van der Waals surface area contributed by atoms with Crippen LogP contribution in [0, 0.1) is 0 Å². The van der Waals surface area contributed by atoms with Crippen molar-refractivity contribution in [1.82, 2.24) is 5.06 Å². The van der Waals surface area contributed by atoms with Gasteiger partial charge in [-0.1, -0.05) is 6.42 Å². The second kappa shape index (κ2) is 15.3. The zero-order chi connectivity index (χ0) is 23.1. The van der Waals surface area contributed by atoms with Crippen LogP contribution in [0.25, 0.3) is 0 Å². The Morgan fingerprint density at radius 2 is 1.48 bits per heavy atom. The largest absolute Gasteiger partial charge is 0.379 e. The number of imide groups is 1. The van der Waals surface area contributed by atoms with Crippen molar-refractivity contribution < 1.29 is 41.9 Å². The number of ketones is 1. The fraction of sp³-hybridized carbons (Fsp3) is 0.789. The molecule has 0 saturated carbocycles. The van der Waals surface area contributed by atoms with Crippen LogP contribution >= 0.6 is 10.8 Å². The van der Waals surface area contributed by atoms with Crippen LogP contribution in [-0.4, -0.2) is 75.5 Å². The number of rotatable bonds is 18. The molecule has 2 amide bonds. The molecule has 1 aliphatic rings. The highest BCUT2D eigenvalue weighted by Crippen LogP contribution is 2.14. The van der Waals surface area contributed by atoms with E-state index in [1.807, 2.05) is 0 Å². The Labute approximate surface area is 186 Å². The number of carbonyl (C=O) groups excluding carboxylic acids is 4. The quantitative estimate of drug-likeness (QED) is 0.161. The lowest BCUT2D eigenvalue weighted by Gasteiger charge is -2.12. The van der Waals surface area contributed by atoms with Gasteiger partial charge in [-0.25, -0.2) is 13.2 Å². The molecule has 0 spiro atoms. The van der Waals surface area contributed by atoms with Gasteiger partial charge in [-0.2, -0.15) is 0 Å². The van der Waals surface area contributed by atoms with Gasteiger partial charge in [0.2, 0.25) is 0 Å². The summed E-state index contributed by atoms with van der Waals surface area (Å²) >= 11 is 0. The zero-order valence-electron chi connectivity index (χ0n) is 17.8. The molecule has 0 bridgehead atoms. The van der Waals surface area contributed by atoms with Gasteiger partial charge in [-0.15, -0.1) is 5.06 Å². The lowest BCUT2D eigenvalue weighted by atomic mass is 10.1. The van der Waals surface area contributed by atoms with E-state index in [-0.39, 0.29) is 38.3 Å². The Morgan fingerprint density at radius 1 is 0.871 bits per heavy atom. The summed E-state index contributed by atoms with van der Waals surface area (Å²) < 4.78 is 32.5. The van der Waals surface area contributed by atoms with Crippen molar-refractivity contribution >= 4 is 43.2 Å². The molecule has 178 valence electrons. The summed E-state index contributed by atoms with van der Waals surface area (Å²) in [6, 6.07) is 0. The van der Waals surface area contributed by atoms with Gasteiger partial charge in [0.1, 0.15) is 5.78 Å². The topological polar surface area (TPSA) is 133 Å². The number of amides is 2. The van der Waals surface area contributed by atoms with E-state index in [1.54, 1.807) is 0 Å². The fourth-order valence-electron chi connectivity index (χ4n) is 2.59. The Hall–Kier alpha value is -1.50. The highest BCUT2D eigenvalue weighted by molar-refractivity contribution is 8.71. The molecule has 0 aromatic heterocycles. The highest BCUT2D eigenvalue weighted by Gasteiger charge is 2.32. The van der Waals surface area contributed by atoms with Gasteiger partial charge in [0, 0.05) is 44.3 Å². The first-order chi connectivity index (χ1) is 14.7. The number of unbranched alkanes of at least 4 members (excludes halogenated alkanes) is 2. The predicted octanol–water partition coefficient (Wildman–Crippen LogP) is 1.62. The van der Waals surface area contributed by atoms with Gasteiger partial charge >= 0.3 is 5.97 Å². The first-order valence-corrected chi connectivity index (χ1v) is 13.7. The van der Waals surface area contributed by atoms with Gasteiger partial charge < -0.3 is 14.3 Å². The minimum atomic E-state index is -2.98. The van der Waals surface area contributed by atoms with Crippen LogP contribution in [-0.2, 0) is 42.4 Å². The van der Waals surface area contributed by atoms with E-state index in [0.717, 1.165) is 30.1 Å². The van der Waals surface area contributed by atoms with Crippen LogP contribution < -0.4 is 0 Å². The standard InChI is InChI=1S/C19H31NO9S2/c1-31(25,26)30-15-4-2-3-6-16(21)7-5-11-27-13-14-28-12-10-19(24)29-20-17(22)8-9-18(20)23/h2-15H2,1H3. The third kappa shape index (κ3) is 14.2. The third-order valence-corrected chi connectivity index (χ3v) is 6.83. The van der Waals surface area contributed by atoms with E-state index in [1.165, 1.54) is 6.26 Å². The summed E-state index contributed by atoms with van der Waals surface area (Å²) in [6.45, 7) is 1.11. The van der Waals surface area contributed by atoms with Crippen molar-refractivity contribution in [3.63, 3.8) is 0 Å². The summed E-state index contributed by atoms with van der Waals surface area (Å²) in [6.07, 6.45) is 5.15. The average molecular weight is 482 g/mol. The molecule has 0 N–H and O–H groups in total. The maximum Gasteiger partial charge on any atom is 0.335 e. The van der Waals surface area contributed by atoms with E-state index in [2.05, 4.69) is 0 Å². The number of hydrogen-bond acceptors (Lipinski definition) is 10. The lowest BCUT2D eigenvalue weighted by molar-refractivity contribution is -0.198. The second-order valence-electron chi connectivity index (χ2n) is 7.00. The van der Waals surface area contributed by atoms with Crippen LogP contribution in [0.4, 0.5) is 0 Å². The van der Waals surface area contributed by atoms with Crippen LogP contribution in [0.3, 0.4) is 0 Å². The van der Waals surface area contributed by atoms with Gasteiger partial charge in [0.25, 0.3) is 11.8 Å². The molecular weight excluding hydrogens is 450 g/mol. The number of hydroxylamine groups is 2. The van der Waals surface area contributed by atoms with E-state index in [9.17, 15) is 27.6 Å². The summed E-state index contributed by atoms with van der Waals surface area (Å²) in [4.78, 5) is 50.7. The van der Waals surface area contributed by atoms with Gasteiger partial charge in [-0.05, 0) is 30.1 Å². The van der Waals surface area contributed by atoms with Crippen molar-refractivity contribution in [3.8, 4) is 0 Å². The Balaban J connectivity index is 1.87. The normalized spacial score (nSPS) is 14.3. The molecule has 10 nitrogen and oxygen atoms in total. The molecule has 0 atom stereocenters. The molecule has 0 unspecified atom stereocenters. The van der Waals surface area contributed by atoms with E-state index in [4.69, 9.17) is 14.3 Å². The smallest absolute Gasteiger partial charge is 0.335 e. The number of hydrogen-bond donors (Lipinski definition) is 0. The minimum Gasteiger partial charge on any atom is -0.379 e. The fourth-order valence-corrected chi connectivity index (χ4v) is 4.48. The van der Waals surface area contributed by atoms with E-state index < -0.39 is 26.7 Å². The van der Waals surface area contributed by atoms with E-state index in [0.29, 0.717) is 43.3 Å². The van der Waals surface area contributed by atoms with E-state index >= 15 is 0 Å². The second-order valence-corrected chi connectivity index (χ2v) is 11.6. The number of Topliss-reactive ketones (excluding diaryl/α,β-unsaturated/α-hetero) is 1. The van der Waals surface area contributed by atoms with Crippen LogP contribution in [0.1, 0.15) is 57.8 Å². The van der Waals surface area contributed by atoms with Gasteiger partial charge in [0.15, 0.2) is 8.87 Å². The highest BCUT2D eigenvalue weighted by atomic mass is 33.1. The molecule has 12 heteroatoms. The summed E-state index contributed by atoms with van der Waals surface area (Å²) in [5.74, 6) is -1.02. The SMILES string of the molecule is CS(=O)(=O)SCCCCCC(=O)CCCOCCOCCC(=O)ON1C(=O)CCC1=O. The molecule has 0 aromatic carbocycles. The maximum atomic E-state index is 11.8. The van der Waals surface area contributed by atoms with Crippen molar-refractivity contribution in [1.29, 1.82) is 0 Å². The molecule has 1 saturated heterocycles. The molecular formula is C19H31NO9S2. The number of nitrogens with zero attached hydrogens (tertiary/aromatic N) is 1. The molecule has 1 fully saturated rings. The number of ether oxygens (including phenoxy) is 2. The summed E-state index contributed by atoms with van der Waals surface area (Å²) in [7, 11) is -2.04. The average Bonchev–Trinajstić information content (AvgIpc) is 3.00. The Morgan fingerprint density at radius 3 is 2.13 bits per heavy atom. The molecule has 0 aromatic rings. The summed E-state index contributed by atoms with van der Waals surface area (Å²) in [5.41, 5.74) is 0. The van der Waals surface area contributed by atoms with Crippen LogP contribution in [0.2, 0.25) is 0 Å². The van der Waals surface area contributed by atoms with Gasteiger partial charge in [0.05, 0.1) is 26.2 Å². The number of carbonyl (C=O) groups is 4. The zero-order valence-corrected chi connectivity index (χ0v) is 19.5. The van der Waals surface area contributed by atoms with Crippen LogP contribution in [0.5, 0.6) is 0 Å². The Bertz CT molecular complexity index is 693. The molecule has 0 radical (unpaired) electrons. The first-order valence-electron chi connectivity index (χ1n) is 10.3. The third-order valence-electron chi connectivity index (χ3n) is 4.16. The molecule has 31 heavy (non-hydrogen) atoms. The Kier molecular flexibility index (Phi) is 13.6. The van der Waals surface area contributed by atoms with Crippen molar-refractivity contribution in [2.75, 3.05) is 38.4 Å². The predicted molar refractivity (Wildman–Crippen MR) is 113 cm³/mol. The summed E-state index contributed by atoms with van der Waals surface area (Å²) in [5, 5.41) is 0.505. The van der Waals surface area contributed by atoms with Gasteiger partial charge in [-0.3, -0.25) is 14.4 Å². The van der Waals surface area contributed by atoms with Crippen molar-refractivity contribution in [3.05, 3.63) is 0 Å². The monoisotopic (exact) mass is 481 g/mol. The lowest BCUT2D eigenvalue weighted by Crippen LogP contribution is -2.32. The molecule has 1 heterocycles. The first kappa shape index (κ1) is 27.5. The minimum absolute atomic E-state index is 0.0537. The van der Waals surface area contributed by atoms with Crippen molar-refractivity contribution in [2.45, 2.75) is 57.8 Å². The molecule has 0 aliphatic carbocycles. The van der Waals surface area contributed by atoms with Crippen molar-refractivity contribution in [2.24, 2.45) is 0 Å².